The molecule has 0 aliphatic carbocycles. The van der Waals surface area contributed by atoms with E-state index in [1.165, 1.54) is 0 Å². The van der Waals surface area contributed by atoms with E-state index < -0.39 is 0 Å². The highest BCUT2D eigenvalue weighted by Crippen LogP contribution is 2.24. The number of nitrogens with zero attached hydrogens (tertiary/aromatic N) is 3. The number of phenolic OH excluding ortho intramolecular Hbond substituents is 1. The summed E-state index contributed by atoms with van der Waals surface area (Å²) in [6, 6.07) is 5.55. The van der Waals surface area contributed by atoms with E-state index in [0.717, 1.165) is 62.6 Å². The zero-order chi connectivity index (χ0) is 16.6. The highest BCUT2D eigenvalue weighted by molar-refractivity contribution is 5.60. The summed E-state index contributed by atoms with van der Waals surface area (Å²) < 4.78 is 5.35. The van der Waals surface area contributed by atoms with Crippen LogP contribution in [0.1, 0.15) is 12.0 Å². The van der Waals surface area contributed by atoms with Crippen molar-refractivity contribution in [3.63, 3.8) is 0 Å². The number of morpholine rings is 1. The minimum absolute atomic E-state index is 0.309. The Morgan fingerprint density at radius 1 is 1.21 bits per heavy atom. The van der Waals surface area contributed by atoms with E-state index in [2.05, 4.69) is 20.2 Å². The third kappa shape index (κ3) is 4.74. The van der Waals surface area contributed by atoms with E-state index in [1.807, 2.05) is 12.1 Å². The van der Waals surface area contributed by atoms with Crippen molar-refractivity contribution in [1.29, 1.82) is 0 Å². The van der Waals surface area contributed by atoms with Crippen LogP contribution in [0.4, 0.5) is 0 Å². The van der Waals surface area contributed by atoms with Gasteiger partial charge in [0.2, 0.25) is 0 Å². The molecule has 1 saturated heterocycles. The summed E-state index contributed by atoms with van der Waals surface area (Å²) in [5.74, 6) is 0.309. The van der Waals surface area contributed by atoms with Crippen molar-refractivity contribution < 1.29 is 9.84 Å². The highest BCUT2D eigenvalue weighted by Gasteiger charge is 2.09. The van der Waals surface area contributed by atoms with Gasteiger partial charge in [0.25, 0.3) is 0 Å². The molecule has 6 heteroatoms. The molecule has 2 N–H and O–H groups in total. The largest absolute Gasteiger partial charge is 0.508 e. The first-order valence-corrected chi connectivity index (χ1v) is 8.42. The maximum atomic E-state index is 10.0. The average Bonchev–Trinajstić information content (AvgIpc) is 2.64. The van der Waals surface area contributed by atoms with E-state index in [9.17, 15) is 5.11 Å². The molecule has 128 valence electrons. The molecule has 0 spiro atoms. The summed E-state index contributed by atoms with van der Waals surface area (Å²) in [5, 5.41) is 13.5. The Balaban J connectivity index is 1.48. The molecule has 1 fully saturated rings. The number of hydrogen-bond acceptors (Lipinski definition) is 6. The lowest BCUT2D eigenvalue weighted by Crippen LogP contribution is -2.37. The predicted molar refractivity (Wildman–Crippen MR) is 92.7 cm³/mol. The summed E-state index contributed by atoms with van der Waals surface area (Å²) in [6.45, 7) is 6.39. The van der Waals surface area contributed by atoms with Gasteiger partial charge < -0.3 is 15.2 Å². The molecule has 2 heterocycles. The summed E-state index contributed by atoms with van der Waals surface area (Å²) in [7, 11) is 0. The normalized spacial score (nSPS) is 15.5. The minimum atomic E-state index is 0.309. The van der Waals surface area contributed by atoms with Crippen LogP contribution in [0.5, 0.6) is 5.75 Å². The molecular formula is C18H24N4O2. The standard InChI is InChI=1S/C18H24N4O2/c23-18-3-2-15(17-14-20-5-6-21-17)12-16(18)13-19-4-1-7-22-8-10-24-11-9-22/h2-3,5-6,12,14,19,23H,1,4,7-11,13H2. The number of nitrogens with one attached hydrogen (secondary N) is 1. The second-order valence-electron chi connectivity index (χ2n) is 5.92. The third-order valence-electron chi connectivity index (χ3n) is 4.19. The Bertz CT molecular complexity index is 630. The first-order chi connectivity index (χ1) is 11.8. The number of aromatic nitrogens is 2. The van der Waals surface area contributed by atoms with Gasteiger partial charge in [0.05, 0.1) is 25.1 Å². The molecule has 0 bridgehead atoms. The molecule has 24 heavy (non-hydrogen) atoms. The number of ether oxygens (including phenoxy) is 1. The zero-order valence-electron chi connectivity index (χ0n) is 13.8. The van der Waals surface area contributed by atoms with Crippen molar-refractivity contribution in [3.05, 3.63) is 42.4 Å². The number of rotatable bonds is 7. The Labute approximate surface area is 142 Å². The van der Waals surface area contributed by atoms with Gasteiger partial charge in [-0.2, -0.15) is 0 Å². The maximum absolute atomic E-state index is 10.0. The second-order valence-corrected chi connectivity index (χ2v) is 5.92. The van der Waals surface area contributed by atoms with Crippen LogP contribution in [0.15, 0.2) is 36.8 Å². The van der Waals surface area contributed by atoms with Gasteiger partial charge in [-0.15, -0.1) is 0 Å². The third-order valence-corrected chi connectivity index (χ3v) is 4.19. The molecular weight excluding hydrogens is 304 g/mol. The fourth-order valence-electron chi connectivity index (χ4n) is 2.81. The van der Waals surface area contributed by atoms with Crippen LogP contribution in [0.3, 0.4) is 0 Å². The molecule has 0 unspecified atom stereocenters. The quantitative estimate of drug-likeness (QED) is 0.753. The van der Waals surface area contributed by atoms with Crippen LogP contribution in [-0.2, 0) is 11.3 Å². The van der Waals surface area contributed by atoms with Crippen LogP contribution in [0.25, 0.3) is 11.3 Å². The molecule has 0 amide bonds. The average molecular weight is 328 g/mol. The van der Waals surface area contributed by atoms with Gasteiger partial charge in [-0.1, -0.05) is 0 Å². The smallest absolute Gasteiger partial charge is 0.120 e. The van der Waals surface area contributed by atoms with E-state index in [-0.39, 0.29) is 0 Å². The van der Waals surface area contributed by atoms with Crippen molar-refractivity contribution in [2.75, 3.05) is 39.4 Å². The highest BCUT2D eigenvalue weighted by atomic mass is 16.5. The molecule has 2 aromatic rings. The van der Waals surface area contributed by atoms with E-state index >= 15 is 0 Å². The molecule has 0 saturated carbocycles. The van der Waals surface area contributed by atoms with Crippen molar-refractivity contribution in [2.24, 2.45) is 0 Å². The molecule has 0 atom stereocenters. The van der Waals surface area contributed by atoms with Crippen molar-refractivity contribution in [2.45, 2.75) is 13.0 Å². The molecule has 1 aromatic carbocycles. The van der Waals surface area contributed by atoms with E-state index in [4.69, 9.17) is 4.74 Å². The molecule has 6 nitrogen and oxygen atoms in total. The topological polar surface area (TPSA) is 70.5 Å². The predicted octanol–water partition coefficient (Wildman–Crippen LogP) is 1.66. The van der Waals surface area contributed by atoms with Gasteiger partial charge in [-0.05, 0) is 37.7 Å². The zero-order valence-corrected chi connectivity index (χ0v) is 13.8. The van der Waals surface area contributed by atoms with Crippen LogP contribution in [0.2, 0.25) is 0 Å². The van der Waals surface area contributed by atoms with E-state index in [1.54, 1.807) is 24.7 Å². The lowest BCUT2D eigenvalue weighted by molar-refractivity contribution is 0.0374. The van der Waals surface area contributed by atoms with Crippen LogP contribution < -0.4 is 5.32 Å². The molecule has 3 rings (SSSR count). The van der Waals surface area contributed by atoms with Crippen molar-refractivity contribution in [3.8, 4) is 17.0 Å². The van der Waals surface area contributed by atoms with E-state index in [0.29, 0.717) is 12.3 Å². The number of aromatic hydroxyl groups is 1. The molecule has 1 aliphatic rings. The van der Waals surface area contributed by atoms with Crippen molar-refractivity contribution >= 4 is 0 Å². The second kappa shape index (κ2) is 8.73. The molecule has 1 aromatic heterocycles. The van der Waals surface area contributed by atoms with Gasteiger partial charge in [0, 0.05) is 43.2 Å². The number of benzene rings is 1. The summed E-state index contributed by atoms with van der Waals surface area (Å²) >= 11 is 0. The lowest BCUT2D eigenvalue weighted by atomic mass is 10.1. The SMILES string of the molecule is Oc1ccc(-c2cnccn2)cc1CNCCCN1CCOCC1. The first-order valence-electron chi connectivity index (χ1n) is 8.42. The summed E-state index contributed by atoms with van der Waals surface area (Å²) in [5.41, 5.74) is 2.65. The molecule has 1 aliphatic heterocycles. The summed E-state index contributed by atoms with van der Waals surface area (Å²) in [6.07, 6.45) is 6.14. The lowest BCUT2D eigenvalue weighted by Gasteiger charge is -2.26. The van der Waals surface area contributed by atoms with Crippen molar-refractivity contribution in [1.82, 2.24) is 20.2 Å². The Kier molecular flexibility index (Phi) is 6.12. The Hall–Kier alpha value is -2.02. The fraction of sp³-hybridized carbons (Fsp3) is 0.444. The van der Waals surface area contributed by atoms with Gasteiger partial charge >= 0.3 is 0 Å². The molecule has 0 radical (unpaired) electrons. The summed E-state index contributed by atoms with van der Waals surface area (Å²) in [4.78, 5) is 10.8. The Morgan fingerprint density at radius 3 is 2.88 bits per heavy atom. The van der Waals surface area contributed by atoms with Gasteiger partial charge in [0.15, 0.2) is 0 Å². The van der Waals surface area contributed by atoms with Crippen LogP contribution in [-0.4, -0.2) is 59.4 Å². The maximum Gasteiger partial charge on any atom is 0.120 e. The monoisotopic (exact) mass is 328 g/mol. The minimum Gasteiger partial charge on any atom is -0.508 e. The number of phenols is 1. The fourth-order valence-corrected chi connectivity index (χ4v) is 2.81. The van der Waals surface area contributed by atoms with Crippen LogP contribution in [0, 0.1) is 0 Å². The Morgan fingerprint density at radius 2 is 2.08 bits per heavy atom. The first kappa shape index (κ1) is 16.8. The number of hydrogen-bond donors (Lipinski definition) is 2. The van der Waals surface area contributed by atoms with Gasteiger partial charge in [-0.25, -0.2) is 0 Å². The van der Waals surface area contributed by atoms with Crippen LogP contribution >= 0.6 is 0 Å². The van der Waals surface area contributed by atoms with Gasteiger partial charge in [0.1, 0.15) is 5.75 Å². The van der Waals surface area contributed by atoms with Gasteiger partial charge in [-0.3, -0.25) is 14.9 Å².